The third kappa shape index (κ3) is 6.56. The lowest BCUT2D eigenvalue weighted by Crippen LogP contribution is -2.17. The van der Waals surface area contributed by atoms with Gasteiger partial charge in [0.1, 0.15) is 34.8 Å². The molecule has 3 aromatic carbocycles. The Morgan fingerprint density at radius 1 is 1.00 bits per heavy atom. The number of anilines is 1. The van der Waals surface area contributed by atoms with E-state index >= 15 is 0 Å². The van der Waals surface area contributed by atoms with E-state index in [-0.39, 0.29) is 18.0 Å². The van der Waals surface area contributed by atoms with Crippen LogP contribution in [0.3, 0.4) is 0 Å². The molecule has 0 aliphatic heterocycles. The van der Waals surface area contributed by atoms with E-state index in [9.17, 15) is 14.0 Å². The molecular weight excluding hydrogens is 491 g/mol. The van der Waals surface area contributed by atoms with Crippen molar-refractivity contribution in [2.24, 2.45) is 0 Å². The topological polar surface area (TPSA) is 99.9 Å². The fourth-order valence-electron chi connectivity index (χ4n) is 3.75. The van der Waals surface area contributed by atoms with Gasteiger partial charge in [0.2, 0.25) is 0 Å². The molecule has 196 valence electrons. The Kier molecular flexibility index (Phi) is 8.37. The molecule has 1 N–H and O–H groups in total. The molecule has 0 aliphatic rings. The largest absolute Gasteiger partial charge is 0.466 e. The summed E-state index contributed by atoms with van der Waals surface area (Å²) in [7, 11) is 0. The van der Waals surface area contributed by atoms with Crippen molar-refractivity contribution in [3.63, 3.8) is 0 Å². The molecule has 0 saturated carbocycles. The van der Waals surface area contributed by atoms with Crippen LogP contribution in [0.2, 0.25) is 0 Å². The maximum Gasteiger partial charge on any atom is 0.412 e. The molecule has 0 radical (unpaired) electrons. The third-order valence-corrected chi connectivity index (χ3v) is 5.66. The summed E-state index contributed by atoms with van der Waals surface area (Å²) in [6, 6.07) is 20.4. The van der Waals surface area contributed by atoms with Crippen molar-refractivity contribution in [1.29, 1.82) is 0 Å². The van der Waals surface area contributed by atoms with Crippen LogP contribution in [0.4, 0.5) is 14.9 Å². The summed E-state index contributed by atoms with van der Waals surface area (Å²) in [5, 5.41) is 6.72. The van der Waals surface area contributed by atoms with Gasteiger partial charge in [-0.3, -0.25) is 10.1 Å². The highest BCUT2D eigenvalue weighted by Gasteiger charge is 2.21. The zero-order valence-corrected chi connectivity index (χ0v) is 21.2. The van der Waals surface area contributed by atoms with Gasteiger partial charge in [-0.1, -0.05) is 35.5 Å². The number of halogens is 1. The van der Waals surface area contributed by atoms with Crippen LogP contribution in [0.25, 0.3) is 11.3 Å². The fourth-order valence-corrected chi connectivity index (χ4v) is 3.75. The molecule has 0 unspecified atom stereocenters. The molecule has 0 saturated heterocycles. The number of carbonyl (C=O) groups is 2. The van der Waals surface area contributed by atoms with Gasteiger partial charge in [-0.25, -0.2) is 9.18 Å². The molecule has 1 heterocycles. The molecule has 0 spiro atoms. The van der Waals surface area contributed by atoms with E-state index in [1.165, 1.54) is 6.07 Å². The number of benzene rings is 3. The Labute approximate surface area is 219 Å². The molecule has 1 atom stereocenters. The number of ether oxygens (including phenoxy) is 3. The van der Waals surface area contributed by atoms with Crippen molar-refractivity contribution < 1.29 is 32.7 Å². The lowest BCUT2D eigenvalue weighted by Gasteiger charge is -2.15. The number of nitrogens with one attached hydrogen (secondary N) is 1. The van der Waals surface area contributed by atoms with Gasteiger partial charge in [-0.15, -0.1) is 0 Å². The summed E-state index contributed by atoms with van der Waals surface area (Å²) >= 11 is 0. The van der Waals surface area contributed by atoms with Gasteiger partial charge in [-0.2, -0.15) is 0 Å². The molecule has 0 aliphatic carbocycles. The monoisotopic (exact) mass is 518 g/mol. The average molecular weight is 519 g/mol. The number of amides is 1. The van der Waals surface area contributed by atoms with Crippen LogP contribution in [0.15, 0.2) is 77.3 Å². The second kappa shape index (κ2) is 12.1. The SMILES string of the molecule is CCOC(=O)Cc1ccc(Oc2ccc(-c3noc(C)c3NC(=O)O[C@H](C)c3ccccc3F)cc2)cc1. The van der Waals surface area contributed by atoms with Crippen LogP contribution in [-0.2, 0) is 20.7 Å². The standard InChI is InChI=1S/C29H27FN2O6/c1-4-35-26(33)17-20-9-13-22(14-10-20)37-23-15-11-21(12-16-23)28-27(19(3)38-32-28)31-29(34)36-18(2)24-7-5-6-8-25(24)30/h5-16,18H,4,17H2,1-3H3,(H,31,34)/t18-/m1/s1. The first-order valence-electron chi connectivity index (χ1n) is 12.0. The second-order valence-corrected chi connectivity index (χ2v) is 8.41. The Morgan fingerprint density at radius 3 is 2.32 bits per heavy atom. The van der Waals surface area contributed by atoms with Crippen LogP contribution in [-0.4, -0.2) is 23.8 Å². The second-order valence-electron chi connectivity index (χ2n) is 8.41. The van der Waals surface area contributed by atoms with E-state index in [4.69, 9.17) is 18.7 Å². The number of esters is 1. The van der Waals surface area contributed by atoms with Gasteiger partial charge in [0.25, 0.3) is 0 Å². The van der Waals surface area contributed by atoms with Gasteiger partial charge in [0, 0.05) is 11.1 Å². The highest BCUT2D eigenvalue weighted by Crippen LogP contribution is 2.33. The minimum atomic E-state index is -0.796. The van der Waals surface area contributed by atoms with Crippen LogP contribution in [0, 0.1) is 12.7 Å². The zero-order chi connectivity index (χ0) is 27.1. The Balaban J connectivity index is 1.40. The molecule has 8 nitrogen and oxygen atoms in total. The first-order valence-corrected chi connectivity index (χ1v) is 12.0. The van der Waals surface area contributed by atoms with Gasteiger partial charge in [-0.05, 0) is 68.8 Å². The Morgan fingerprint density at radius 2 is 1.66 bits per heavy atom. The zero-order valence-electron chi connectivity index (χ0n) is 21.2. The number of carbonyl (C=O) groups excluding carboxylic acids is 2. The molecule has 1 amide bonds. The van der Waals surface area contributed by atoms with Gasteiger partial charge < -0.3 is 18.7 Å². The number of nitrogens with zero attached hydrogens (tertiary/aromatic N) is 1. The highest BCUT2D eigenvalue weighted by atomic mass is 19.1. The summed E-state index contributed by atoms with van der Waals surface area (Å²) < 4.78 is 35.5. The van der Waals surface area contributed by atoms with Crippen molar-refractivity contribution in [3.05, 3.63) is 95.5 Å². The summed E-state index contributed by atoms with van der Waals surface area (Å²) in [4.78, 5) is 24.2. The first kappa shape index (κ1) is 26.4. The van der Waals surface area contributed by atoms with Crippen LogP contribution >= 0.6 is 0 Å². The predicted octanol–water partition coefficient (Wildman–Crippen LogP) is 7.00. The molecule has 0 bridgehead atoms. The molecule has 4 rings (SSSR count). The van der Waals surface area contributed by atoms with Crippen molar-refractivity contribution in [2.45, 2.75) is 33.3 Å². The van der Waals surface area contributed by atoms with Crippen LogP contribution in [0.5, 0.6) is 11.5 Å². The van der Waals surface area contributed by atoms with Gasteiger partial charge in [0.15, 0.2) is 5.76 Å². The maximum atomic E-state index is 14.0. The van der Waals surface area contributed by atoms with Crippen molar-refractivity contribution in [2.75, 3.05) is 11.9 Å². The van der Waals surface area contributed by atoms with E-state index < -0.39 is 18.0 Å². The third-order valence-electron chi connectivity index (χ3n) is 5.66. The Bertz CT molecular complexity index is 1400. The average Bonchev–Trinajstić information content (AvgIpc) is 3.25. The summed E-state index contributed by atoms with van der Waals surface area (Å²) in [5.41, 5.74) is 2.54. The van der Waals surface area contributed by atoms with Gasteiger partial charge in [0.05, 0.1) is 13.0 Å². The minimum Gasteiger partial charge on any atom is -0.466 e. The Hall–Kier alpha value is -4.66. The number of hydrogen-bond donors (Lipinski definition) is 1. The van der Waals surface area contributed by atoms with Gasteiger partial charge >= 0.3 is 12.1 Å². The molecule has 38 heavy (non-hydrogen) atoms. The van der Waals surface area contributed by atoms with Crippen molar-refractivity contribution >= 4 is 17.7 Å². The molecule has 9 heteroatoms. The fraction of sp³-hybridized carbons (Fsp3) is 0.207. The van der Waals surface area contributed by atoms with Crippen molar-refractivity contribution in [3.8, 4) is 22.8 Å². The lowest BCUT2D eigenvalue weighted by atomic mass is 10.1. The molecule has 4 aromatic rings. The van der Waals surface area contributed by atoms with Crippen LogP contribution < -0.4 is 10.1 Å². The highest BCUT2D eigenvalue weighted by molar-refractivity contribution is 5.91. The number of rotatable bonds is 9. The smallest absolute Gasteiger partial charge is 0.412 e. The number of aryl methyl sites for hydroxylation is 1. The minimum absolute atomic E-state index is 0.200. The normalized spacial score (nSPS) is 11.5. The summed E-state index contributed by atoms with van der Waals surface area (Å²) in [6.45, 7) is 5.37. The number of hydrogen-bond acceptors (Lipinski definition) is 7. The van der Waals surface area contributed by atoms with E-state index in [0.29, 0.717) is 40.8 Å². The predicted molar refractivity (Wildman–Crippen MR) is 138 cm³/mol. The molecule has 0 fully saturated rings. The quantitative estimate of drug-likeness (QED) is 0.238. The summed E-state index contributed by atoms with van der Waals surface area (Å²) in [5.74, 6) is 0.848. The van der Waals surface area contributed by atoms with E-state index in [1.54, 1.807) is 75.4 Å². The van der Waals surface area contributed by atoms with Crippen molar-refractivity contribution in [1.82, 2.24) is 5.16 Å². The van der Waals surface area contributed by atoms with E-state index in [1.807, 2.05) is 12.1 Å². The van der Waals surface area contributed by atoms with E-state index in [0.717, 1.165) is 5.56 Å². The number of aromatic nitrogens is 1. The van der Waals surface area contributed by atoms with Crippen LogP contribution in [0.1, 0.15) is 36.8 Å². The molecular formula is C29H27FN2O6. The van der Waals surface area contributed by atoms with E-state index in [2.05, 4.69) is 10.5 Å². The first-order chi connectivity index (χ1) is 18.3. The lowest BCUT2D eigenvalue weighted by molar-refractivity contribution is -0.142. The molecule has 1 aromatic heterocycles. The maximum absolute atomic E-state index is 14.0. The summed E-state index contributed by atoms with van der Waals surface area (Å²) in [6.07, 6.45) is -1.36.